The van der Waals surface area contributed by atoms with Crippen molar-refractivity contribution in [1.82, 2.24) is 0 Å². The van der Waals surface area contributed by atoms with E-state index in [0.717, 1.165) is 0 Å². The van der Waals surface area contributed by atoms with Gasteiger partial charge in [0, 0.05) is 31.4 Å². The number of methoxy groups -OCH3 is 2. The lowest BCUT2D eigenvalue weighted by atomic mass is 9.94. The second-order valence-electron chi connectivity index (χ2n) is 5.17. The van der Waals surface area contributed by atoms with Gasteiger partial charge in [-0.1, -0.05) is 12.1 Å². The SMILES string of the molecule is COCCOc1c(-c2c(C#N)cccc2COC)cc(C(=O)O)oc1=O. The van der Waals surface area contributed by atoms with Crippen molar-refractivity contribution < 1.29 is 28.5 Å². The molecule has 1 heterocycles. The summed E-state index contributed by atoms with van der Waals surface area (Å²) in [6.45, 7) is 0.421. The zero-order chi connectivity index (χ0) is 19.1. The Morgan fingerprint density at radius 3 is 2.65 bits per heavy atom. The number of carboxylic acids is 1. The number of nitriles is 1. The summed E-state index contributed by atoms with van der Waals surface area (Å²) in [4.78, 5) is 23.6. The minimum atomic E-state index is -1.41. The average molecular weight is 359 g/mol. The van der Waals surface area contributed by atoms with Gasteiger partial charge < -0.3 is 23.7 Å². The molecule has 26 heavy (non-hydrogen) atoms. The van der Waals surface area contributed by atoms with Gasteiger partial charge in [0.25, 0.3) is 0 Å². The molecule has 0 amide bonds. The monoisotopic (exact) mass is 359 g/mol. The Hall–Kier alpha value is -3.15. The van der Waals surface area contributed by atoms with Gasteiger partial charge in [0.05, 0.1) is 24.8 Å². The highest BCUT2D eigenvalue weighted by Gasteiger charge is 2.22. The van der Waals surface area contributed by atoms with Crippen molar-refractivity contribution >= 4 is 5.97 Å². The molecule has 0 aliphatic rings. The second kappa shape index (κ2) is 8.80. The molecule has 0 radical (unpaired) electrons. The molecule has 0 aliphatic heterocycles. The predicted octanol–water partition coefficient (Wildman–Crippen LogP) is 2.05. The lowest BCUT2D eigenvalue weighted by Gasteiger charge is -2.15. The summed E-state index contributed by atoms with van der Waals surface area (Å²) < 4.78 is 20.3. The van der Waals surface area contributed by atoms with E-state index in [-0.39, 0.29) is 36.7 Å². The van der Waals surface area contributed by atoms with Gasteiger partial charge in [-0.25, -0.2) is 9.59 Å². The molecule has 0 saturated heterocycles. The first-order valence-electron chi connectivity index (χ1n) is 7.58. The van der Waals surface area contributed by atoms with Gasteiger partial charge in [-0.3, -0.25) is 0 Å². The maximum atomic E-state index is 12.3. The number of carbonyl (C=O) groups is 1. The fraction of sp³-hybridized carbons (Fsp3) is 0.278. The maximum absolute atomic E-state index is 12.3. The standard InChI is InChI=1S/C18H17NO7/c1-23-6-7-25-16-13(8-14(17(20)21)26-18(16)22)15-11(9-19)4-3-5-12(15)10-24-2/h3-5,8H,6-7,10H2,1-2H3,(H,20,21). The van der Waals surface area contributed by atoms with Crippen LogP contribution in [0.3, 0.4) is 0 Å². The number of nitrogens with zero attached hydrogens (tertiary/aromatic N) is 1. The van der Waals surface area contributed by atoms with E-state index in [2.05, 4.69) is 0 Å². The normalized spacial score (nSPS) is 10.3. The summed E-state index contributed by atoms with van der Waals surface area (Å²) >= 11 is 0. The van der Waals surface area contributed by atoms with Crippen molar-refractivity contribution in [2.45, 2.75) is 6.61 Å². The number of aromatic carboxylic acids is 1. The Bertz CT molecular complexity index is 895. The van der Waals surface area contributed by atoms with E-state index in [1.807, 2.05) is 6.07 Å². The van der Waals surface area contributed by atoms with Crippen molar-refractivity contribution in [2.75, 3.05) is 27.4 Å². The molecule has 0 aliphatic carbocycles. The molecular formula is C18H17NO7. The van der Waals surface area contributed by atoms with Gasteiger partial charge in [-0.2, -0.15) is 5.26 Å². The van der Waals surface area contributed by atoms with Crippen LogP contribution in [0.15, 0.2) is 33.5 Å². The second-order valence-corrected chi connectivity index (χ2v) is 5.17. The summed E-state index contributed by atoms with van der Waals surface area (Å²) in [5.41, 5.74) is 0.411. The molecule has 1 aromatic carbocycles. The Kier molecular flexibility index (Phi) is 6.49. The molecule has 136 valence electrons. The highest BCUT2D eigenvalue weighted by atomic mass is 16.5. The molecule has 0 bridgehead atoms. The first-order valence-corrected chi connectivity index (χ1v) is 7.58. The van der Waals surface area contributed by atoms with Crippen LogP contribution in [0.25, 0.3) is 11.1 Å². The summed E-state index contributed by atoms with van der Waals surface area (Å²) in [7, 11) is 2.96. The Labute approximate surface area is 149 Å². The number of hydrogen-bond donors (Lipinski definition) is 1. The number of benzene rings is 1. The maximum Gasteiger partial charge on any atom is 0.379 e. The molecule has 8 heteroatoms. The topological polar surface area (TPSA) is 119 Å². The molecular weight excluding hydrogens is 342 g/mol. The van der Waals surface area contributed by atoms with Crippen LogP contribution in [-0.2, 0) is 16.1 Å². The Morgan fingerprint density at radius 1 is 1.27 bits per heavy atom. The first kappa shape index (κ1) is 19.2. The third-order valence-corrected chi connectivity index (χ3v) is 3.49. The Balaban J connectivity index is 2.76. The molecule has 8 nitrogen and oxygen atoms in total. The number of carboxylic acid groups (broad SMARTS) is 1. The van der Waals surface area contributed by atoms with E-state index in [0.29, 0.717) is 11.1 Å². The minimum absolute atomic E-state index is 0.0506. The summed E-state index contributed by atoms with van der Waals surface area (Å²) in [6, 6.07) is 8.15. The van der Waals surface area contributed by atoms with E-state index in [1.165, 1.54) is 20.3 Å². The van der Waals surface area contributed by atoms with Crippen molar-refractivity contribution in [1.29, 1.82) is 5.26 Å². The van der Waals surface area contributed by atoms with E-state index in [1.54, 1.807) is 18.2 Å². The van der Waals surface area contributed by atoms with Crippen molar-refractivity contribution in [3.63, 3.8) is 0 Å². The quantitative estimate of drug-likeness (QED) is 0.711. The van der Waals surface area contributed by atoms with E-state index in [9.17, 15) is 20.0 Å². The average Bonchev–Trinajstić information content (AvgIpc) is 2.63. The number of ether oxygens (including phenoxy) is 3. The lowest BCUT2D eigenvalue weighted by Crippen LogP contribution is -2.15. The third-order valence-electron chi connectivity index (χ3n) is 3.49. The largest absolute Gasteiger partial charge is 0.484 e. The molecule has 0 unspecified atom stereocenters. The highest BCUT2D eigenvalue weighted by Crippen LogP contribution is 2.34. The fourth-order valence-corrected chi connectivity index (χ4v) is 2.42. The zero-order valence-electron chi connectivity index (χ0n) is 14.3. The van der Waals surface area contributed by atoms with Crippen molar-refractivity contribution in [2.24, 2.45) is 0 Å². The molecule has 0 atom stereocenters. The van der Waals surface area contributed by atoms with Crippen LogP contribution in [0.2, 0.25) is 0 Å². The van der Waals surface area contributed by atoms with Gasteiger partial charge in [0.15, 0.2) is 0 Å². The van der Waals surface area contributed by atoms with Gasteiger partial charge in [-0.15, -0.1) is 0 Å². The zero-order valence-corrected chi connectivity index (χ0v) is 14.3. The molecule has 1 N–H and O–H groups in total. The van der Waals surface area contributed by atoms with Crippen LogP contribution in [0.5, 0.6) is 5.75 Å². The lowest BCUT2D eigenvalue weighted by molar-refractivity contribution is 0.0655. The van der Waals surface area contributed by atoms with Crippen molar-refractivity contribution in [3.8, 4) is 22.9 Å². The molecule has 1 aromatic heterocycles. The fourth-order valence-electron chi connectivity index (χ4n) is 2.42. The van der Waals surface area contributed by atoms with Gasteiger partial charge >= 0.3 is 11.6 Å². The molecule has 2 aromatic rings. The summed E-state index contributed by atoms with van der Waals surface area (Å²) in [5.74, 6) is -2.15. The van der Waals surface area contributed by atoms with Gasteiger partial charge in [0.1, 0.15) is 6.61 Å². The third kappa shape index (κ3) is 4.08. The van der Waals surface area contributed by atoms with Gasteiger partial charge in [0.2, 0.25) is 11.5 Å². The van der Waals surface area contributed by atoms with Crippen LogP contribution < -0.4 is 10.4 Å². The summed E-state index contributed by atoms with van der Waals surface area (Å²) in [5, 5.41) is 18.7. The van der Waals surface area contributed by atoms with Crippen LogP contribution in [0.1, 0.15) is 21.7 Å². The predicted molar refractivity (Wildman–Crippen MR) is 90.2 cm³/mol. The van der Waals surface area contributed by atoms with Gasteiger partial charge in [-0.05, 0) is 11.6 Å². The number of rotatable bonds is 8. The van der Waals surface area contributed by atoms with Crippen LogP contribution in [0.4, 0.5) is 0 Å². The number of hydrogen-bond acceptors (Lipinski definition) is 7. The Morgan fingerprint density at radius 2 is 2.04 bits per heavy atom. The smallest absolute Gasteiger partial charge is 0.379 e. The summed E-state index contributed by atoms with van der Waals surface area (Å²) in [6.07, 6.45) is 0. The van der Waals surface area contributed by atoms with Crippen LogP contribution in [-0.4, -0.2) is 38.5 Å². The highest BCUT2D eigenvalue weighted by molar-refractivity contribution is 5.88. The van der Waals surface area contributed by atoms with Crippen LogP contribution in [0, 0.1) is 11.3 Å². The molecule has 0 fully saturated rings. The molecule has 0 spiro atoms. The minimum Gasteiger partial charge on any atom is -0.484 e. The van der Waals surface area contributed by atoms with E-state index < -0.39 is 17.4 Å². The van der Waals surface area contributed by atoms with Crippen LogP contribution >= 0.6 is 0 Å². The molecule has 2 rings (SSSR count). The van der Waals surface area contributed by atoms with E-state index in [4.69, 9.17) is 18.6 Å². The van der Waals surface area contributed by atoms with E-state index >= 15 is 0 Å². The first-order chi connectivity index (χ1) is 12.5. The van der Waals surface area contributed by atoms with Crippen molar-refractivity contribution in [3.05, 3.63) is 51.6 Å². The molecule has 0 saturated carbocycles.